The maximum atomic E-state index is 11.5. The molecule has 0 spiro atoms. The Balaban J connectivity index is 2.59. The topological polar surface area (TPSA) is 62.1 Å². The van der Waals surface area contributed by atoms with E-state index in [0.29, 0.717) is 23.8 Å². The van der Waals surface area contributed by atoms with Gasteiger partial charge in [-0.3, -0.25) is 4.79 Å². The molecule has 0 radical (unpaired) electrons. The second kappa shape index (κ2) is 6.54. The Hall–Kier alpha value is -2.02. The smallest absolute Gasteiger partial charge is 0.224 e. The van der Waals surface area contributed by atoms with E-state index in [-0.39, 0.29) is 12.5 Å². The minimum atomic E-state index is -0.0163. The van der Waals surface area contributed by atoms with Crippen molar-refractivity contribution in [3.8, 4) is 11.8 Å². The average Bonchev–Trinajstić information content (AvgIpc) is 2.25. The van der Waals surface area contributed by atoms with Crippen molar-refractivity contribution in [1.82, 2.24) is 0 Å². The first-order chi connectivity index (χ1) is 8.11. The Bertz CT molecular complexity index is 422. The van der Waals surface area contributed by atoms with Gasteiger partial charge < -0.3 is 10.1 Å². The van der Waals surface area contributed by atoms with Gasteiger partial charge in [-0.25, -0.2) is 0 Å². The van der Waals surface area contributed by atoms with Crippen molar-refractivity contribution in [2.24, 2.45) is 5.92 Å². The number of nitriles is 1. The van der Waals surface area contributed by atoms with Crippen LogP contribution >= 0.6 is 0 Å². The lowest BCUT2D eigenvalue weighted by molar-refractivity contribution is -0.116. The SMILES string of the molecule is CC(C)CC(=O)Nc1cccc(OCC#N)c1. The second-order valence-electron chi connectivity index (χ2n) is 4.12. The zero-order valence-electron chi connectivity index (χ0n) is 10.1. The van der Waals surface area contributed by atoms with Crippen LogP contribution in [0.4, 0.5) is 5.69 Å². The lowest BCUT2D eigenvalue weighted by Gasteiger charge is -2.08. The molecule has 0 aliphatic carbocycles. The fraction of sp³-hybridized carbons (Fsp3) is 0.385. The summed E-state index contributed by atoms with van der Waals surface area (Å²) >= 11 is 0. The molecule has 0 aliphatic rings. The van der Waals surface area contributed by atoms with Gasteiger partial charge in [-0.15, -0.1) is 0 Å². The molecular formula is C13H16N2O2. The van der Waals surface area contributed by atoms with Crippen molar-refractivity contribution in [2.45, 2.75) is 20.3 Å². The molecule has 0 saturated carbocycles. The summed E-state index contributed by atoms with van der Waals surface area (Å²) in [5.41, 5.74) is 0.686. The first kappa shape index (κ1) is 13.0. The van der Waals surface area contributed by atoms with E-state index in [1.165, 1.54) is 0 Å². The summed E-state index contributed by atoms with van der Waals surface area (Å²) < 4.78 is 5.15. The lowest BCUT2D eigenvalue weighted by Crippen LogP contribution is -2.13. The summed E-state index contributed by atoms with van der Waals surface area (Å²) in [7, 11) is 0. The highest BCUT2D eigenvalue weighted by molar-refractivity contribution is 5.90. The molecule has 1 aromatic rings. The highest BCUT2D eigenvalue weighted by Gasteiger charge is 2.05. The van der Waals surface area contributed by atoms with Crippen molar-refractivity contribution < 1.29 is 9.53 Å². The molecule has 1 rings (SSSR count). The van der Waals surface area contributed by atoms with Crippen LogP contribution in [0, 0.1) is 17.2 Å². The van der Waals surface area contributed by atoms with Crippen LogP contribution in [0.3, 0.4) is 0 Å². The number of hydrogen-bond donors (Lipinski definition) is 1. The molecule has 1 aromatic carbocycles. The van der Waals surface area contributed by atoms with Crippen LogP contribution in [-0.4, -0.2) is 12.5 Å². The van der Waals surface area contributed by atoms with Crippen LogP contribution in [0.1, 0.15) is 20.3 Å². The van der Waals surface area contributed by atoms with Gasteiger partial charge in [-0.1, -0.05) is 19.9 Å². The van der Waals surface area contributed by atoms with E-state index < -0.39 is 0 Å². The van der Waals surface area contributed by atoms with Gasteiger partial charge in [0.2, 0.25) is 5.91 Å². The van der Waals surface area contributed by atoms with E-state index in [9.17, 15) is 4.79 Å². The van der Waals surface area contributed by atoms with E-state index in [0.717, 1.165) is 0 Å². The van der Waals surface area contributed by atoms with Crippen molar-refractivity contribution in [1.29, 1.82) is 5.26 Å². The second-order valence-corrected chi connectivity index (χ2v) is 4.12. The number of nitrogens with one attached hydrogen (secondary N) is 1. The fourth-order valence-corrected chi connectivity index (χ4v) is 1.36. The summed E-state index contributed by atoms with van der Waals surface area (Å²) in [6.45, 7) is 3.99. The minimum absolute atomic E-state index is 0.00337. The highest BCUT2D eigenvalue weighted by Crippen LogP contribution is 2.17. The van der Waals surface area contributed by atoms with Crippen LogP contribution in [-0.2, 0) is 4.79 Å². The molecule has 0 heterocycles. The summed E-state index contributed by atoms with van der Waals surface area (Å²) in [4.78, 5) is 11.5. The summed E-state index contributed by atoms with van der Waals surface area (Å²) in [5.74, 6) is 0.888. The number of amides is 1. The molecule has 0 bridgehead atoms. The highest BCUT2D eigenvalue weighted by atomic mass is 16.5. The maximum absolute atomic E-state index is 11.5. The van der Waals surface area contributed by atoms with E-state index in [2.05, 4.69) is 5.32 Å². The third kappa shape index (κ3) is 5.03. The van der Waals surface area contributed by atoms with E-state index in [1.54, 1.807) is 24.3 Å². The Morgan fingerprint density at radius 1 is 1.53 bits per heavy atom. The van der Waals surface area contributed by atoms with E-state index in [4.69, 9.17) is 10.00 Å². The largest absolute Gasteiger partial charge is 0.479 e. The molecule has 4 heteroatoms. The monoisotopic (exact) mass is 232 g/mol. The van der Waals surface area contributed by atoms with Crippen LogP contribution in [0.15, 0.2) is 24.3 Å². The van der Waals surface area contributed by atoms with Crippen molar-refractivity contribution in [2.75, 3.05) is 11.9 Å². The molecule has 0 aromatic heterocycles. The fourth-order valence-electron chi connectivity index (χ4n) is 1.36. The molecule has 1 amide bonds. The number of benzene rings is 1. The lowest BCUT2D eigenvalue weighted by atomic mass is 10.1. The predicted molar refractivity (Wildman–Crippen MR) is 65.6 cm³/mol. The standard InChI is InChI=1S/C13H16N2O2/c1-10(2)8-13(16)15-11-4-3-5-12(9-11)17-7-6-14/h3-5,9-10H,7-8H2,1-2H3,(H,15,16). The first-order valence-electron chi connectivity index (χ1n) is 5.51. The van der Waals surface area contributed by atoms with Crippen molar-refractivity contribution >= 4 is 11.6 Å². The van der Waals surface area contributed by atoms with Gasteiger partial charge in [-0.2, -0.15) is 5.26 Å². The molecule has 0 atom stereocenters. The van der Waals surface area contributed by atoms with Crippen LogP contribution in [0.25, 0.3) is 0 Å². The van der Waals surface area contributed by atoms with Gasteiger partial charge in [-0.05, 0) is 18.1 Å². The summed E-state index contributed by atoms with van der Waals surface area (Å²) in [6.07, 6.45) is 0.489. The molecule has 0 aliphatic heterocycles. The molecule has 0 saturated heterocycles. The Morgan fingerprint density at radius 3 is 2.94 bits per heavy atom. The number of anilines is 1. The zero-order valence-corrected chi connectivity index (χ0v) is 10.1. The third-order valence-corrected chi connectivity index (χ3v) is 2.01. The van der Waals surface area contributed by atoms with E-state index in [1.807, 2.05) is 19.9 Å². The van der Waals surface area contributed by atoms with E-state index >= 15 is 0 Å². The number of carbonyl (C=O) groups excluding carboxylic acids is 1. The number of ether oxygens (including phenoxy) is 1. The number of rotatable bonds is 5. The van der Waals surface area contributed by atoms with Crippen LogP contribution in [0.5, 0.6) is 5.75 Å². The van der Waals surface area contributed by atoms with Crippen molar-refractivity contribution in [3.63, 3.8) is 0 Å². The molecular weight excluding hydrogens is 216 g/mol. The number of carbonyl (C=O) groups is 1. The van der Waals surface area contributed by atoms with Gasteiger partial charge in [0.15, 0.2) is 6.61 Å². The van der Waals surface area contributed by atoms with Gasteiger partial charge in [0.05, 0.1) is 0 Å². The first-order valence-corrected chi connectivity index (χ1v) is 5.51. The quantitative estimate of drug-likeness (QED) is 0.848. The Kier molecular flexibility index (Phi) is 5.02. The molecule has 4 nitrogen and oxygen atoms in total. The minimum Gasteiger partial charge on any atom is -0.479 e. The number of nitrogens with zero attached hydrogens (tertiary/aromatic N) is 1. The van der Waals surface area contributed by atoms with Gasteiger partial charge >= 0.3 is 0 Å². The van der Waals surface area contributed by atoms with Crippen LogP contribution in [0.2, 0.25) is 0 Å². The van der Waals surface area contributed by atoms with Crippen molar-refractivity contribution in [3.05, 3.63) is 24.3 Å². The maximum Gasteiger partial charge on any atom is 0.224 e. The number of hydrogen-bond acceptors (Lipinski definition) is 3. The van der Waals surface area contributed by atoms with Gasteiger partial charge in [0, 0.05) is 18.2 Å². The zero-order chi connectivity index (χ0) is 12.7. The molecule has 90 valence electrons. The van der Waals surface area contributed by atoms with Crippen LogP contribution < -0.4 is 10.1 Å². The summed E-state index contributed by atoms with van der Waals surface area (Å²) in [5, 5.41) is 11.2. The normalized spacial score (nSPS) is 9.76. The Morgan fingerprint density at radius 2 is 2.29 bits per heavy atom. The third-order valence-electron chi connectivity index (χ3n) is 2.01. The molecule has 0 unspecified atom stereocenters. The molecule has 0 fully saturated rings. The predicted octanol–water partition coefficient (Wildman–Crippen LogP) is 2.57. The molecule has 1 N–H and O–H groups in total. The Labute approximate surface area is 101 Å². The average molecular weight is 232 g/mol. The van der Waals surface area contributed by atoms with Gasteiger partial charge in [0.1, 0.15) is 11.8 Å². The summed E-state index contributed by atoms with van der Waals surface area (Å²) in [6, 6.07) is 8.91. The molecule has 17 heavy (non-hydrogen) atoms. The van der Waals surface area contributed by atoms with Gasteiger partial charge in [0.25, 0.3) is 0 Å².